The van der Waals surface area contributed by atoms with Gasteiger partial charge in [0.1, 0.15) is 5.56 Å². The molecule has 1 aromatic rings. The third kappa shape index (κ3) is 5.90. The van der Waals surface area contributed by atoms with Crippen LogP contribution in [-0.4, -0.2) is 17.1 Å². The van der Waals surface area contributed by atoms with Gasteiger partial charge in [0.05, 0.1) is 6.10 Å². The number of halogens is 3. The molecule has 1 atom stereocenters. The number of pyridine rings is 1. The minimum atomic E-state index is -4.57. The number of nitrogens with zero attached hydrogens (tertiary/aromatic N) is 1. The van der Waals surface area contributed by atoms with Gasteiger partial charge in [-0.2, -0.15) is 13.2 Å². The van der Waals surface area contributed by atoms with E-state index in [0.29, 0.717) is 0 Å². The molecule has 0 amide bonds. The van der Waals surface area contributed by atoms with Gasteiger partial charge in [-0.3, -0.25) is 0 Å². The lowest BCUT2D eigenvalue weighted by Gasteiger charge is -2.27. The fraction of sp³-hybridized carbons (Fsp3) is 0.583. The highest BCUT2D eigenvalue weighted by Gasteiger charge is 2.37. The highest BCUT2D eigenvalue weighted by atomic mass is 32.5. The SMILES string of the molecule is CC(C)NP(=S)(Oc1ncccc1C(F)(F)F)OC(C)C. The minimum Gasteiger partial charge on any atom is -0.414 e. The molecule has 0 aliphatic rings. The highest BCUT2D eigenvalue weighted by Crippen LogP contribution is 2.48. The number of aromatic nitrogens is 1. The Hall–Kier alpha value is -0.690. The number of hydrogen-bond donors (Lipinski definition) is 1. The van der Waals surface area contributed by atoms with E-state index < -0.39 is 24.3 Å². The first kappa shape index (κ1) is 18.4. The molecule has 0 aliphatic carbocycles. The standard InChI is InChI=1S/C12H18F3N2O2PS/c1-8(2)17-20(21,18-9(3)4)19-11-10(12(13,14)15)6-5-7-16-11/h5-9H,1-4H3,(H,17,21). The molecule has 9 heteroatoms. The molecule has 0 radical (unpaired) electrons. The van der Waals surface area contributed by atoms with E-state index in [-0.39, 0.29) is 12.1 Å². The van der Waals surface area contributed by atoms with Crippen LogP contribution in [-0.2, 0) is 22.5 Å². The molecule has 1 rings (SSSR count). The molecule has 120 valence electrons. The molecule has 1 unspecified atom stereocenters. The Morgan fingerprint density at radius 1 is 1.29 bits per heavy atom. The fourth-order valence-corrected chi connectivity index (χ4v) is 4.54. The summed E-state index contributed by atoms with van der Waals surface area (Å²) >= 11 is 5.27. The monoisotopic (exact) mass is 342 g/mol. The Morgan fingerprint density at radius 2 is 1.90 bits per heavy atom. The Balaban J connectivity index is 3.13. The second kappa shape index (κ2) is 7.05. The lowest BCUT2D eigenvalue weighted by molar-refractivity contribution is -0.138. The zero-order valence-corrected chi connectivity index (χ0v) is 13.9. The van der Waals surface area contributed by atoms with Crippen LogP contribution >= 0.6 is 6.64 Å². The molecule has 0 aromatic carbocycles. The van der Waals surface area contributed by atoms with Gasteiger partial charge >= 0.3 is 12.8 Å². The Bertz CT molecular complexity index is 509. The van der Waals surface area contributed by atoms with Gasteiger partial charge in [0.25, 0.3) is 0 Å². The summed E-state index contributed by atoms with van der Waals surface area (Å²) in [6.45, 7) is 3.94. The van der Waals surface area contributed by atoms with Crippen molar-refractivity contribution in [2.75, 3.05) is 0 Å². The quantitative estimate of drug-likeness (QED) is 0.788. The average Bonchev–Trinajstić information content (AvgIpc) is 2.24. The van der Waals surface area contributed by atoms with Crippen LogP contribution in [0.4, 0.5) is 13.2 Å². The molecule has 0 saturated carbocycles. The minimum absolute atomic E-state index is 0.104. The van der Waals surface area contributed by atoms with Crippen LogP contribution in [0.15, 0.2) is 18.3 Å². The maximum atomic E-state index is 12.9. The van der Waals surface area contributed by atoms with E-state index in [9.17, 15) is 13.2 Å². The average molecular weight is 342 g/mol. The maximum absolute atomic E-state index is 12.9. The van der Waals surface area contributed by atoms with Crippen LogP contribution in [0.5, 0.6) is 5.88 Å². The zero-order chi connectivity index (χ0) is 16.3. The first-order valence-corrected chi connectivity index (χ1v) is 8.95. The molecule has 1 N–H and O–H groups in total. The van der Waals surface area contributed by atoms with Crippen molar-refractivity contribution in [2.45, 2.75) is 46.0 Å². The van der Waals surface area contributed by atoms with Crippen molar-refractivity contribution in [1.82, 2.24) is 10.1 Å². The number of alkyl halides is 3. The molecule has 0 saturated heterocycles. The van der Waals surface area contributed by atoms with Gasteiger partial charge in [-0.15, -0.1) is 0 Å². The summed E-state index contributed by atoms with van der Waals surface area (Å²) < 4.78 is 49.7. The van der Waals surface area contributed by atoms with Crippen LogP contribution in [0.25, 0.3) is 0 Å². The Morgan fingerprint density at radius 3 is 2.38 bits per heavy atom. The van der Waals surface area contributed by atoms with Gasteiger partial charge in [0.2, 0.25) is 5.88 Å². The van der Waals surface area contributed by atoms with Crippen molar-refractivity contribution >= 4 is 18.4 Å². The van der Waals surface area contributed by atoms with E-state index in [1.54, 1.807) is 27.7 Å². The Labute approximate surface area is 127 Å². The number of rotatable bonds is 6. The predicted octanol–water partition coefficient (Wildman–Crippen LogP) is 4.13. The van der Waals surface area contributed by atoms with Gasteiger partial charge < -0.3 is 9.05 Å². The molecule has 0 fully saturated rings. The van der Waals surface area contributed by atoms with E-state index >= 15 is 0 Å². The third-order valence-corrected chi connectivity index (χ3v) is 4.79. The fourth-order valence-electron chi connectivity index (χ4n) is 1.47. The molecule has 21 heavy (non-hydrogen) atoms. The maximum Gasteiger partial charge on any atom is 0.421 e. The zero-order valence-electron chi connectivity index (χ0n) is 12.1. The summed E-state index contributed by atoms with van der Waals surface area (Å²) in [5.41, 5.74) is -0.975. The third-order valence-electron chi connectivity index (χ3n) is 2.05. The van der Waals surface area contributed by atoms with Crippen LogP contribution in [0, 0.1) is 0 Å². The van der Waals surface area contributed by atoms with Gasteiger partial charge in [-0.05, 0) is 51.6 Å². The van der Waals surface area contributed by atoms with Crippen molar-refractivity contribution in [2.24, 2.45) is 0 Å². The van der Waals surface area contributed by atoms with E-state index in [1.807, 2.05) is 0 Å². The Kier molecular flexibility index (Phi) is 6.16. The van der Waals surface area contributed by atoms with Crippen LogP contribution < -0.4 is 9.61 Å². The predicted molar refractivity (Wildman–Crippen MR) is 78.6 cm³/mol. The van der Waals surface area contributed by atoms with Crippen LogP contribution in [0.2, 0.25) is 0 Å². The molecular weight excluding hydrogens is 324 g/mol. The van der Waals surface area contributed by atoms with Crippen LogP contribution in [0.1, 0.15) is 33.3 Å². The van der Waals surface area contributed by atoms with E-state index in [2.05, 4.69) is 10.1 Å². The molecule has 1 aromatic heterocycles. The summed E-state index contributed by atoms with van der Waals surface area (Å²) in [5.74, 6) is -0.567. The summed E-state index contributed by atoms with van der Waals surface area (Å²) in [4.78, 5) is 3.64. The van der Waals surface area contributed by atoms with Gasteiger partial charge in [-0.1, -0.05) is 0 Å². The molecule has 4 nitrogen and oxygen atoms in total. The number of nitrogens with one attached hydrogen (secondary N) is 1. The second-order valence-corrected chi connectivity index (χ2v) is 7.97. The van der Waals surface area contributed by atoms with Crippen molar-refractivity contribution < 1.29 is 22.2 Å². The molecule has 0 spiro atoms. The van der Waals surface area contributed by atoms with Gasteiger partial charge in [0.15, 0.2) is 0 Å². The van der Waals surface area contributed by atoms with Crippen molar-refractivity contribution in [3.05, 3.63) is 23.9 Å². The molecule has 0 bridgehead atoms. The molecule has 0 aliphatic heterocycles. The largest absolute Gasteiger partial charge is 0.421 e. The lowest BCUT2D eigenvalue weighted by Crippen LogP contribution is -2.26. The summed E-state index contributed by atoms with van der Waals surface area (Å²) in [6, 6.07) is 1.98. The van der Waals surface area contributed by atoms with Crippen molar-refractivity contribution in [3.8, 4) is 5.88 Å². The highest BCUT2D eigenvalue weighted by molar-refractivity contribution is 8.09. The first-order chi connectivity index (χ1) is 9.53. The summed E-state index contributed by atoms with van der Waals surface area (Å²) in [7, 11) is 0. The summed E-state index contributed by atoms with van der Waals surface area (Å²) in [6.07, 6.45) is -3.64. The van der Waals surface area contributed by atoms with E-state index in [4.69, 9.17) is 20.9 Å². The first-order valence-electron chi connectivity index (χ1n) is 6.31. The van der Waals surface area contributed by atoms with Crippen molar-refractivity contribution in [1.29, 1.82) is 0 Å². The normalized spacial score (nSPS) is 15.3. The van der Waals surface area contributed by atoms with Crippen LogP contribution in [0.3, 0.4) is 0 Å². The van der Waals surface area contributed by atoms with E-state index in [1.165, 1.54) is 12.3 Å². The topological polar surface area (TPSA) is 43.4 Å². The van der Waals surface area contributed by atoms with E-state index in [0.717, 1.165) is 6.07 Å². The van der Waals surface area contributed by atoms with Gasteiger partial charge in [0, 0.05) is 12.2 Å². The smallest absolute Gasteiger partial charge is 0.414 e. The van der Waals surface area contributed by atoms with Gasteiger partial charge in [-0.25, -0.2) is 10.1 Å². The van der Waals surface area contributed by atoms with Crippen molar-refractivity contribution in [3.63, 3.8) is 0 Å². The number of hydrogen-bond acceptors (Lipinski definition) is 4. The second-order valence-electron chi connectivity index (χ2n) is 4.88. The molecule has 1 heterocycles. The summed E-state index contributed by atoms with van der Waals surface area (Å²) in [5, 5.41) is 2.89. The lowest BCUT2D eigenvalue weighted by atomic mass is 10.3. The molecular formula is C12H18F3N2O2PS.